The number of nitrogens with two attached hydrogens (primary N) is 1. The van der Waals surface area contributed by atoms with Crippen LogP contribution in [0.2, 0.25) is 0 Å². The lowest BCUT2D eigenvalue weighted by molar-refractivity contribution is -0.143. The lowest BCUT2D eigenvalue weighted by Gasteiger charge is -2.11. The minimum absolute atomic E-state index is 0.205. The zero-order valence-electron chi connectivity index (χ0n) is 10.7. The van der Waals surface area contributed by atoms with Crippen LogP contribution < -0.4 is 5.73 Å². The van der Waals surface area contributed by atoms with E-state index in [0.29, 0.717) is 6.61 Å². The molecule has 0 amide bonds. The zero-order chi connectivity index (χ0) is 13.1. The van der Waals surface area contributed by atoms with Crippen LogP contribution in [0.15, 0.2) is 24.3 Å². The van der Waals surface area contributed by atoms with Crippen LogP contribution in [0, 0.1) is 6.92 Å². The predicted octanol–water partition coefficient (Wildman–Crippen LogP) is 2.43. The SMILES string of the molecule is CCOC(=O)C[C@H](N)c1c(C)[nH]c2ccccc12. The first-order valence-electron chi connectivity index (χ1n) is 6.12. The molecule has 96 valence electrons. The van der Waals surface area contributed by atoms with E-state index < -0.39 is 0 Å². The molecule has 0 aliphatic heterocycles. The van der Waals surface area contributed by atoms with E-state index >= 15 is 0 Å². The second-order valence-electron chi connectivity index (χ2n) is 4.32. The first-order chi connectivity index (χ1) is 8.63. The van der Waals surface area contributed by atoms with Crippen molar-refractivity contribution in [3.63, 3.8) is 0 Å². The van der Waals surface area contributed by atoms with Gasteiger partial charge < -0.3 is 15.5 Å². The van der Waals surface area contributed by atoms with Gasteiger partial charge in [-0.1, -0.05) is 18.2 Å². The Labute approximate surface area is 106 Å². The van der Waals surface area contributed by atoms with Crippen LogP contribution in [-0.4, -0.2) is 17.6 Å². The number of hydrogen-bond acceptors (Lipinski definition) is 3. The molecular formula is C14H18N2O2. The van der Waals surface area contributed by atoms with E-state index in [-0.39, 0.29) is 18.4 Å². The monoisotopic (exact) mass is 246 g/mol. The molecule has 2 rings (SSSR count). The van der Waals surface area contributed by atoms with Crippen molar-refractivity contribution in [2.24, 2.45) is 5.73 Å². The summed E-state index contributed by atoms with van der Waals surface area (Å²) in [5.41, 5.74) is 9.17. The molecule has 0 aliphatic rings. The molecule has 0 unspecified atom stereocenters. The molecule has 18 heavy (non-hydrogen) atoms. The normalized spacial score (nSPS) is 12.6. The Morgan fingerprint density at radius 1 is 1.44 bits per heavy atom. The Morgan fingerprint density at radius 3 is 2.89 bits per heavy atom. The smallest absolute Gasteiger partial charge is 0.307 e. The van der Waals surface area contributed by atoms with Crippen molar-refractivity contribution in [3.05, 3.63) is 35.5 Å². The molecule has 0 saturated carbocycles. The molecule has 3 N–H and O–H groups in total. The van der Waals surface area contributed by atoms with Gasteiger partial charge in [0, 0.05) is 22.6 Å². The Kier molecular flexibility index (Phi) is 3.67. The van der Waals surface area contributed by atoms with Gasteiger partial charge in [0.25, 0.3) is 0 Å². The number of carbonyl (C=O) groups is 1. The van der Waals surface area contributed by atoms with Crippen molar-refractivity contribution in [1.82, 2.24) is 4.98 Å². The Morgan fingerprint density at radius 2 is 2.17 bits per heavy atom. The minimum Gasteiger partial charge on any atom is -0.466 e. The van der Waals surface area contributed by atoms with Crippen LogP contribution in [0.4, 0.5) is 0 Å². The fraction of sp³-hybridized carbons (Fsp3) is 0.357. The minimum atomic E-state index is -0.333. The van der Waals surface area contributed by atoms with Crippen LogP contribution >= 0.6 is 0 Å². The molecule has 0 saturated heterocycles. The van der Waals surface area contributed by atoms with Gasteiger partial charge in [-0.3, -0.25) is 4.79 Å². The maximum Gasteiger partial charge on any atom is 0.307 e. The molecule has 0 bridgehead atoms. The molecule has 1 heterocycles. The van der Waals surface area contributed by atoms with Crippen molar-refractivity contribution in [1.29, 1.82) is 0 Å². The van der Waals surface area contributed by atoms with E-state index in [1.165, 1.54) is 0 Å². The average molecular weight is 246 g/mol. The van der Waals surface area contributed by atoms with Crippen molar-refractivity contribution >= 4 is 16.9 Å². The molecule has 1 aromatic carbocycles. The first-order valence-corrected chi connectivity index (χ1v) is 6.12. The molecule has 0 fully saturated rings. The van der Waals surface area contributed by atoms with Crippen molar-refractivity contribution < 1.29 is 9.53 Å². The molecule has 0 radical (unpaired) electrons. The summed E-state index contributed by atoms with van der Waals surface area (Å²) in [7, 11) is 0. The predicted molar refractivity (Wildman–Crippen MR) is 71.2 cm³/mol. The number of aryl methyl sites for hydroxylation is 1. The molecule has 1 aromatic heterocycles. The standard InChI is InChI=1S/C14H18N2O2/c1-3-18-13(17)8-11(15)14-9(2)16-12-7-5-4-6-10(12)14/h4-7,11,16H,3,8,15H2,1-2H3/t11-/m0/s1. The van der Waals surface area contributed by atoms with Crippen molar-refractivity contribution in [3.8, 4) is 0 Å². The number of hydrogen-bond donors (Lipinski definition) is 2. The van der Waals surface area contributed by atoms with Gasteiger partial charge in [0.1, 0.15) is 0 Å². The average Bonchev–Trinajstić information content (AvgIpc) is 2.64. The lowest BCUT2D eigenvalue weighted by atomic mass is 10.0. The number of esters is 1. The number of rotatable bonds is 4. The Hall–Kier alpha value is -1.81. The summed E-state index contributed by atoms with van der Waals surface area (Å²) < 4.78 is 4.93. The number of carbonyl (C=O) groups excluding carboxylic acids is 1. The van der Waals surface area contributed by atoms with Crippen LogP contribution in [-0.2, 0) is 9.53 Å². The third-order valence-corrected chi connectivity index (χ3v) is 3.01. The van der Waals surface area contributed by atoms with E-state index in [2.05, 4.69) is 4.98 Å². The van der Waals surface area contributed by atoms with Crippen molar-refractivity contribution in [2.75, 3.05) is 6.61 Å². The number of benzene rings is 1. The summed E-state index contributed by atoms with van der Waals surface area (Å²) in [6, 6.07) is 7.62. The number of fused-ring (bicyclic) bond motifs is 1. The van der Waals surface area contributed by atoms with Gasteiger partial charge in [-0.2, -0.15) is 0 Å². The first kappa shape index (κ1) is 12.6. The van der Waals surface area contributed by atoms with E-state index in [1.54, 1.807) is 6.92 Å². The van der Waals surface area contributed by atoms with Gasteiger partial charge in [-0.25, -0.2) is 0 Å². The van der Waals surface area contributed by atoms with Gasteiger partial charge in [-0.15, -0.1) is 0 Å². The van der Waals surface area contributed by atoms with Crippen LogP contribution in [0.3, 0.4) is 0 Å². The topological polar surface area (TPSA) is 68.1 Å². The highest BCUT2D eigenvalue weighted by Crippen LogP contribution is 2.28. The zero-order valence-corrected chi connectivity index (χ0v) is 10.7. The molecular weight excluding hydrogens is 228 g/mol. The van der Waals surface area contributed by atoms with Crippen LogP contribution in [0.5, 0.6) is 0 Å². The highest BCUT2D eigenvalue weighted by molar-refractivity contribution is 5.85. The van der Waals surface area contributed by atoms with E-state index in [4.69, 9.17) is 10.5 Å². The second-order valence-corrected chi connectivity index (χ2v) is 4.32. The number of H-pyrrole nitrogens is 1. The van der Waals surface area contributed by atoms with Gasteiger partial charge in [0.2, 0.25) is 0 Å². The van der Waals surface area contributed by atoms with Gasteiger partial charge in [0.15, 0.2) is 0 Å². The van der Waals surface area contributed by atoms with E-state index in [9.17, 15) is 4.79 Å². The highest BCUT2D eigenvalue weighted by Gasteiger charge is 2.18. The highest BCUT2D eigenvalue weighted by atomic mass is 16.5. The maximum atomic E-state index is 11.5. The number of ether oxygens (including phenoxy) is 1. The summed E-state index contributed by atoms with van der Waals surface area (Å²) in [5.74, 6) is -0.255. The molecule has 0 spiro atoms. The molecule has 1 atom stereocenters. The fourth-order valence-electron chi connectivity index (χ4n) is 2.28. The van der Waals surface area contributed by atoms with E-state index in [1.807, 2.05) is 31.2 Å². The number of para-hydroxylation sites is 1. The molecule has 0 aliphatic carbocycles. The molecule has 2 aromatic rings. The third-order valence-electron chi connectivity index (χ3n) is 3.01. The maximum absolute atomic E-state index is 11.5. The van der Waals surface area contributed by atoms with Gasteiger partial charge >= 0.3 is 5.97 Å². The lowest BCUT2D eigenvalue weighted by Crippen LogP contribution is -2.17. The van der Waals surface area contributed by atoms with Crippen LogP contribution in [0.25, 0.3) is 10.9 Å². The quantitative estimate of drug-likeness (QED) is 0.814. The van der Waals surface area contributed by atoms with Crippen LogP contribution in [0.1, 0.15) is 30.6 Å². The van der Waals surface area contributed by atoms with E-state index in [0.717, 1.165) is 22.2 Å². The summed E-state index contributed by atoms with van der Waals surface area (Å²) in [5, 5.41) is 1.08. The van der Waals surface area contributed by atoms with Crippen molar-refractivity contribution in [2.45, 2.75) is 26.3 Å². The third kappa shape index (κ3) is 2.38. The Balaban J connectivity index is 2.29. The molecule has 4 nitrogen and oxygen atoms in total. The summed E-state index contributed by atoms with van der Waals surface area (Å²) in [4.78, 5) is 14.8. The summed E-state index contributed by atoms with van der Waals surface area (Å²) >= 11 is 0. The number of nitrogens with one attached hydrogen (secondary N) is 1. The van der Waals surface area contributed by atoms with Gasteiger partial charge in [-0.05, 0) is 25.5 Å². The number of aromatic amines is 1. The van der Waals surface area contributed by atoms with Gasteiger partial charge in [0.05, 0.1) is 13.0 Å². The largest absolute Gasteiger partial charge is 0.466 e. The summed E-state index contributed by atoms with van der Waals surface area (Å²) in [6.45, 7) is 4.15. The molecule has 4 heteroatoms. The second kappa shape index (κ2) is 5.23. The Bertz CT molecular complexity index is 560. The number of aromatic nitrogens is 1. The summed E-state index contributed by atoms with van der Waals surface area (Å²) in [6.07, 6.45) is 0.205. The fourth-order valence-corrected chi connectivity index (χ4v) is 2.28.